The van der Waals surface area contributed by atoms with Crippen molar-refractivity contribution in [3.05, 3.63) is 53.3 Å². The van der Waals surface area contributed by atoms with Gasteiger partial charge in [0.1, 0.15) is 11.6 Å². The molecule has 0 unspecified atom stereocenters. The molecule has 4 rings (SSSR count). The summed E-state index contributed by atoms with van der Waals surface area (Å²) >= 11 is 0. The van der Waals surface area contributed by atoms with Gasteiger partial charge in [-0.15, -0.1) is 0 Å². The molecule has 0 saturated heterocycles. The zero-order chi connectivity index (χ0) is 21.5. The lowest BCUT2D eigenvalue weighted by Gasteiger charge is -2.27. The fraction of sp³-hybridized carbons (Fsp3) is 0.480. The molecule has 2 aromatic carbocycles. The number of aryl methyl sites for hydroxylation is 1. The highest BCUT2D eigenvalue weighted by Crippen LogP contribution is 2.51. The molecule has 1 heterocycles. The number of benzene rings is 2. The molecular weight excluding hydrogens is 379 g/mol. The molecule has 0 bridgehead atoms. The van der Waals surface area contributed by atoms with Crippen LogP contribution in [0.5, 0.6) is 5.75 Å². The summed E-state index contributed by atoms with van der Waals surface area (Å²) in [4.78, 5) is 14.8. The van der Waals surface area contributed by atoms with Gasteiger partial charge in [0.05, 0.1) is 12.3 Å². The Hall–Kier alpha value is -2.56. The SMILES string of the molecule is Cc1cc2c(cc1NC(=O)CC(C)(C)C)OCC1(CC1)CN2Cc1ccc(F)cc1. The first-order valence-electron chi connectivity index (χ1n) is 10.7. The zero-order valence-corrected chi connectivity index (χ0v) is 18.3. The second-order valence-electron chi connectivity index (χ2n) is 10.2. The van der Waals surface area contributed by atoms with E-state index < -0.39 is 0 Å². The Kier molecular flexibility index (Phi) is 5.25. The zero-order valence-electron chi connectivity index (χ0n) is 18.3. The third-order valence-electron chi connectivity index (χ3n) is 5.92. The molecule has 1 spiro atoms. The Labute approximate surface area is 178 Å². The van der Waals surface area contributed by atoms with E-state index in [0.717, 1.165) is 47.6 Å². The predicted octanol–water partition coefficient (Wildman–Crippen LogP) is 5.69. The monoisotopic (exact) mass is 410 g/mol. The minimum absolute atomic E-state index is 0.0148. The number of amides is 1. The van der Waals surface area contributed by atoms with Crippen LogP contribution in [-0.4, -0.2) is 19.1 Å². The molecule has 30 heavy (non-hydrogen) atoms. The van der Waals surface area contributed by atoms with Crippen LogP contribution in [0.2, 0.25) is 0 Å². The van der Waals surface area contributed by atoms with Crippen LogP contribution in [0.15, 0.2) is 36.4 Å². The molecule has 160 valence electrons. The molecular formula is C25H31FN2O2. The van der Waals surface area contributed by atoms with Crippen molar-refractivity contribution in [1.29, 1.82) is 0 Å². The molecule has 1 N–H and O–H groups in total. The molecule has 5 heteroatoms. The van der Waals surface area contributed by atoms with E-state index in [1.54, 1.807) is 0 Å². The predicted molar refractivity (Wildman–Crippen MR) is 118 cm³/mol. The molecule has 0 radical (unpaired) electrons. The lowest BCUT2D eigenvalue weighted by molar-refractivity contribution is -0.117. The number of ether oxygens (including phenoxy) is 1. The smallest absolute Gasteiger partial charge is 0.224 e. The summed E-state index contributed by atoms with van der Waals surface area (Å²) < 4.78 is 19.6. The van der Waals surface area contributed by atoms with Gasteiger partial charge in [0, 0.05) is 36.7 Å². The molecule has 1 aliphatic carbocycles. The molecule has 1 aliphatic heterocycles. The minimum Gasteiger partial charge on any atom is -0.491 e. The quantitative estimate of drug-likeness (QED) is 0.704. The maximum absolute atomic E-state index is 13.3. The van der Waals surface area contributed by atoms with Gasteiger partial charge in [-0.1, -0.05) is 32.9 Å². The van der Waals surface area contributed by atoms with E-state index in [-0.39, 0.29) is 22.6 Å². The lowest BCUT2D eigenvalue weighted by atomic mass is 9.92. The third-order valence-corrected chi connectivity index (χ3v) is 5.92. The van der Waals surface area contributed by atoms with Gasteiger partial charge in [0.25, 0.3) is 0 Å². The Morgan fingerprint density at radius 1 is 1.20 bits per heavy atom. The maximum Gasteiger partial charge on any atom is 0.224 e. The molecule has 0 atom stereocenters. The number of anilines is 2. The van der Waals surface area contributed by atoms with Crippen molar-refractivity contribution in [2.75, 3.05) is 23.4 Å². The second-order valence-corrected chi connectivity index (χ2v) is 10.2. The highest BCUT2D eigenvalue weighted by atomic mass is 19.1. The molecule has 1 amide bonds. The fourth-order valence-corrected chi connectivity index (χ4v) is 4.04. The number of hydrogen-bond donors (Lipinski definition) is 1. The average molecular weight is 411 g/mol. The van der Waals surface area contributed by atoms with Gasteiger partial charge in [0.2, 0.25) is 5.91 Å². The van der Waals surface area contributed by atoms with Gasteiger partial charge in [-0.25, -0.2) is 4.39 Å². The van der Waals surface area contributed by atoms with E-state index in [2.05, 4.69) is 37.1 Å². The van der Waals surface area contributed by atoms with Crippen LogP contribution in [0.25, 0.3) is 0 Å². The van der Waals surface area contributed by atoms with Gasteiger partial charge >= 0.3 is 0 Å². The van der Waals surface area contributed by atoms with Gasteiger partial charge in [-0.05, 0) is 54.5 Å². The van der Waals surface area contributed by atoms with Crippen molar-refractivity contribution < 1.29 is 13.9 Å². The van der Waals surface area contributed by atoms with Gasteiger partial charge in [0.15, 0.2) is 0 Å². The van der Waals surface area contributed by atoms with Gasteiger partial charge in [-0.2, -0.15) is 0 Å². The number of hydrogen-bond acceptors (Lipinski definition) is 3. The second kappa shape index (κ2) is 7.60. The van der Waals surface area contributed by atoms with Crippen molar-refractivity contribution in [3.63, 3.8) is 0 Å². The first-order valence-corrected chi connectivity index (χ1v) is 10.7. The molecule has 2 aromatic rings. The molecule has 1 fully saturated rings. The normalized spacial score (nSPS) is 17.2. The Morgan fingerprint density at radius 3 is 2.53 bits per heavy atom. The number of halogens is 1. The minimum atomic E-state index is -0.219. The fourth-order valence-electron chi connectivity index (χ4n) is 4.04. The van der Waals surface area contributed by atoms with Crippen molar-refractivity contribution in [2.45, 2.75) is 53.5 Å². The van der Waals surface area contributed by atoms with E-state index in [1.165, 1.54) is 12.1 Å². The number of rotatable bonds is 4. The first kappa shape index (κ1) is 20.7. The number of carbonyl (C=O) groups is 1. The van der Waals surface area contributed by atoms with E-state index in [0.29, 0.717) is 19.6 Å². The first-order chi connectivity index (χ1) is 14.1. The Balaban J connectivity index is 1.62. The van der Waals surface area contributed by atoms with E-state index >= 15 is 0 Å². The highest BCUT2D eigenvalue weighted by molar-refractivity contribution is 5.92. The van der Waals surface area contributed by atoms with Crippen LogP contribution >= 0.6 is 0 Å². The van der Waals surface area contributed by atoms with Crippen LogP contribution in [0.4, 0.5) is 15.8 Å². The van der Waals surface area contributed by atoms with Crippen LogP contribution < -0.4 is 15.0 Å². The summed E-state index contributed by atoms with van der Waals surface area (Å²) in [5.74, 6) is 0.599. The van der Waals surface area contributed by atoms with E-state index in [4.69, 9.17) is 4.74 Å². The number of nitrogens with zero attached hydrogens (tertiary/aromatic N) is 1. The van der Waals surface area contributed by atoms with E-state index in [9.17, 15) is 9.18 Å². The van der Waals surface area contributed by atoms with E-state index in [1.807, 2.05) is 25.1 Å². The molecule has 0 aromatic heterocycles. The summed E-state index contributed by atoms with van der Waals surface area (Å²) in [7, 11) is 0. The molecule has 2 aliphatic rings. The van der Waals surface area contributed by atoms with Crippen LogP contribution in [0, 0.1) is 23.6 Å². The standard InChI is InChI=1S/C25H31FN2O2/c1-17-11-21-22(12-20(17)27-23(29)13-24(2,3)4)30-16-25(9-10-25)15-28(21)14-18-5-7-19(26)8-6-18/h5-8,11-12H,9-10,13-16H2,1-4H3,(H,27,29). The Bertz CT molecular complexity index is 943. The number of fused-ring (bicyclic) bond motifs is 1. The van der Waals surface area contributed by atoms with Crippen molar-refractivity contribution >= 4 is 17.3 Å². The summed E-state index contributed by atoms with van der Waals surface area (Å²) in [6, 6.07) is 10.8. The number of carbonyl (C=O) groups excluding carboxylic acids is 1. The van der Waals surface area contributed by atoms with Crippen LogP contribution in [0.3, 0.4) is 0 Å². The number of nitrogens with one attached hydrogen (secondary N) is 1. The van der Waals surface area contributed by atoms with Gasteiger partial charge in [-0.3, -0.25) is 4.79 Å². The highest BCUT2D eigenvalue weighted by Gasteiger charge is 2.47. The van der Waals surface area contributed by atoms with Crippen LogP contribution in [-0.2, 0) is 11.3 Å². The molecule has 4 nitrogen and oxygen atoms in total. The summed E-state index contributed by atoms with van der Waals surface area (Å²) in [6.07, 6.45) is 2.79. The average Bonchev–Trinajstić information content (AvgIpc) is 3.43. The summed E-state index contributed by atoms with van der Waals surface area (Å²) in [5, 5.41) is 3.07. The van der Waals surface area contributed by atoms with Crippen molar-refractivity contribution in [2.24, 2.45) is 10.8 Å². The van der Waals surface area contributed by atoms with Gasteiger partial charge < -0.3 is 15.0 Å². The summed E-state index contributed by atoms with van der Waals surface area (Å²) in [6.45, 7) is 10.5. The maximum atomic E-state index is 13.3. The topological polar surface area (TPSA) is 41.6 Å². The summed E-state index contributed by atoms with van der Waals surface area (Å²) in [5.41, 5.74) is 4.05. The third kappa shape index (κ3) is 4.77. The Morgan fingerprint density at radius 2 is 1.90 bits per heavy atom. The van der Waals surface area contributed by atoms with Crippen molar-refractivity contribution in [1.82, 2.24) is 0 Å². The lowest BCUT2D eigenvalue weighted by Crippen LogP contribution is -2.30. The molecule has 1 saturated carbocycles. The van der Waals surface area contributed by atoms with Crippen LogP contribution in [0.1, 0.15) is 51.2 Å². The largest absolute Gasteiger partial charge is 0.491 e. The van der Waals surface area contributed by atoms with Crippen molar-refractivity contribution in [3.8, 4) is 5.75 Å².